The van der Waals surface area contributed by atoms with Crippen molar-refractivity contribution >= 4 is 5.78 Å². The molecule has 1 atom stereocenters. The molecule has 1 aromatic carbocycles. The van der Waals surface area contributed by atoms with E-state index in [1.54, 1.807) is 0 Å². The summed E-state index contributed by atoms with van der Waals surface area (Å²) in [5, 5.41) is 0. The van der Waals surface area contributed by atoms with Crippen molar-refractivity contribution in [2.45, 2.75) is 71.5 Å². The molecule has 1 fully saturated rings. The van der Waals surface area contributed by atoms with Crippen LogP contribution in [0.4, 0.5) is 0 Å². The third kappa shape index (κ3) is 6.37. The molecule has 1 saturated carbocycles. The van der Waals surface area contributed by atoms with E-state index in [-0.39, 0.29) is 11.7 Å². The first-order valence-corrected chi connectivity index (χ1v) is 9.42. The van der Waals surface area contributed by atoms with E-state index >= 15 is 0 Å². The minimum absolute atomic E-state index is 0.158. The summed E-state index contributed by atoms with van der Waals surface area (Å²) in [6.07, 6.45) is 7.87. The van der Waals surface area contributed by atoms with Crippen LogP contribution in [0.15, 0.2) is 30.3 Å². The Hall–Kier alpha value is -1.19. The van der Waals surface area contributed by atoms with E-state index in [1.807, 2.05) is 13.8 Å². The van der Waals surface area contributed by atoms with Gasteiger partial charge >= 0.3 is 0 Å². The Balaban J connectivity index is 1.80. The number of aryl methyl sites for hydroxylation is 1. The molecule has 0 spiro atoms. The topological polar surface area (TPSA) is 35.5 Å². The number of carbonyl (C=O) groups is 1. The fraction of sp³-hybridized carbons (Fsp3) is 0.667. The summed E-state index contributed by atoms with van der Waals surface area (Å²) in [7, 11) is 0. The van der Waals surface area contributed by atoms with Crippen molar-refractivity contribution in [1.82, 2.24) is 0 Å². The average Bonchev–Trinajstić information content (AvgIpc) is 2.61. The van der Waals surface area contributed by atoms with Gasteiger partial charge in [-0.25, -0.2) is 0 Å². The minimum Gasteiger partial charge on any atom is -0.353 e. The number of hydrogen-bond donors (Lipinski definition) is 0. The zero-order valence-corrected chi connectivity index (χ0v) is 15.3. The lowest BCUT2D eigenvalue weighted by molar-refractivity contribution is -0.155. The lowest BCUT2D eigenvalue weighted by atomic mass is 9.71. The van der Waals surface area contributed by atoms with Gasteiger partial charge in [-0.2, -0.15) is 0 Å². The zero-order valence-electron chi connectivity index (χ0n) is 15.3. The summed E-state index contributed by atoms with van der Waals surface area (Å²) >= 11 is 0. The minimum atomic E-state index is -0.158. The van der Waals surface area contributed by atoms with Crippen LogP contribution in [0.2, 0.25) is 0 Å². The van der Waals surface area contributed by atoms with Gasteiger partial charge in [0.25, 0.3) is 0 Å². The smallest absolute Gasteiger partial charge is 0.154 e. The van der Waals surface area contributed by atoms with Crippen LogP contribution in [-0.4, -0.2) is 25.3 Å². The maximum absolute atomic E-state index is 11.6. The van der Waals surface area contributed by atoms with Crippen LogP contribution in [0.1, 0.15) is 64.4 Å². The predicted octanol–water partition coefficient (Wildman–Crippen LogP) is 4.93. The number of carbonyl (C=O) groups excluding carboxylic acids is 1. The number of Topliss-reactive ketones (excluding diaryl/α,β-unsaturated/α-hetero) is 1. The largest absolute Gasteiger partial charge is 0.353 e. The van der Waals surface area contributed by atoms with E-state index in [2.05, 4.69) is 30.3 Å². The normalized spacial score (nSPS) is 18.5. The standard InChI is InChI=1S/C21H32O3/c1-3-23-18(2)24-17-21(15-12-20(22)13-16-21)14-8-7-11-19-9-5-4-6-10-19/h4-6,9-10,18H,3,7-8,11-17H2,1-2H3. The SMILES string of the molecule is CCOC(C)OCC1(CCCCc2ccccc2)CCC(=O)CC1. The Labute approximate surface area is 146 Å². The fourth-order valence-electron chi connectivity index (χ4n) is 3.58. The number of benzene rings is 1. The molecular formula is C21H32O3. The van der Waals surface area contributed by atoms with Crippen LogP contribution in [0.5, 0.6) is 0 Å². The average molecular weight is 332 g/mol. The summed E-state index contributed by atoms with van der Waals surface area (Å²) < 4.78 is 11.4. The monoisotopic (exact) mass is 332 g/mol. The summed E-state index contributed by atoms with van der Waals surface area (Å²) in [6.45, 7) is 5.33. The molecule has 0 radical (unpaired) electrons. The summed E-state index contributed by atoms with van der Waals surface area (Å²) in [5.74, 6) is 0.410. The number of ketones is 1. The lowest BCUT2D eigenvalue weighted by Gasteiger charge is -2.37. The fourth-order valence-corrected chi connectivity index (χ4v) is 3.58. The summed E-state index contributed by atoms with van der Waals surface area (Å²) in [4.78, 5) is 11.6. The van der Waals surface area contributed by atoms with Gasteiger partial charge in [0.05, 0.1) is 6.61 Å². The molecule has 3 heteroatoms. The Morgan fingerprint density at radius 2 is 1.79 bits per heavy atom. The van der Waals surface area contributed by atoms with Gasteiger partial charge in [-0.05, 0) is 56.9 Å². The molecule has 0 aliphatic heterocycles. The van der Waals surface area contributed by atoms with Crippen LogP contribution in [-0.2, 0) is 20.7 Å². The van der Waals surface area contributed by atoms with Crippen molar-refractivity contribution in [2.24, 2.45) is 5.41 Å². The van der Waals surface area contributed by atoms with Gasteiger partial charge in [0.2, 0.25) is 0 Å². The van der Waals surface area contributed by atoms with Crippen LogP contribution in [0, 0.1) is 5.41 Å². The van der Waals surface area contributed by atoms with Gasteiger partial charge in [0.15, 0.2) is 6.29 Å². The van der Waals surface area contributed by atoms with E-state index in [4.69, 9.17) is 9.47 Å². The second-order valence-corrected chi connectivity index (χ2v) is 7.07. The van der Waals surface area contributed by atoms with E-state index in [0.717, 1.165) is 25.7 Å². The number of ether oxygens (including phenoxy) is 2. The molecule has 0 amide bonds. The second kappa shape index (κ2) is 9.95. The Morgan fingerprint density at radius 1 is 1.08 bits per heavy atom. The molecule has 0 bridgehead atoms. The highest BCUT2D eigenvalue weighted by Gasteiger charge is 2.35. The van der Waals surface area contributed by atoms with Gasteiger partial charge in [0, 0.05) is 19.4 Å². The van der Waals surface area contributed by atoms with Crippen LogP contribution in [0.3, 0.4) is 0 Å². The first-order valence-electron chi connectivity index (χ1n) is 9.42. The molecule has 134 valence electrons. The van der Waals surface area contributed by atoms with E-state index in [9.17, 15) is 4.79 Å². The quantitative estimate of drug-likeness (QED) is 0.450. The zero-order chi connectivity index (χ0) is 17.3. The van der Waals surface area contributed by atoms with Gasteiger partial charge in [0.1, 0.15) is 5.78 Å². The first kappa shape index (κ1) is 19.1. The summed E-state index contributed by atoms with van der Waals surface area (Å²) in [6, 6.07) is 10.7. The van der Waals surface area contributed by atoms with Crippen LogP contribution in [0.25, 0.3) is 0 Å². The van der Waals surface area contributed by atoms with Gasteiger partial charge in [-0.1, -0.05) is 36.8 Å². The molecule has 3 nitrogen and oxygen atoms in total. The van der Waals surface area contributed by atoms with Crippen molar-refractivity contribution in [1.29, 1.82) is 0 Å². The number of unbranched alkanes of at least 4 members (excludes halogenated alkanes) is 1. The Morgan fingerprint density at radius 3 is 2.46 bits per heavy atom. The van der Waals surface area contributed by atoms with Crippen molar-refractivity contribution in [2.75, 3.05) is 13.2 Å². The molecule has 1 unspecified atom stereocenters. The van der Waals surface area contributed by atoms with Crippen molar-refractivity contribution in [3.63, 3.8) is 0 Å². The van der Waals surface area contributed by atoms with Gasteiger partial charge in [-0.15, -0.1) is 0 Å². The van der Waals surface area contributed by atoms with Crippen LogP contribution < -0.4 is 0 Å². The lowest BCUT2D eigenvalue weighted by Crippen LogP contribution is -2.34. The van der Waals surface area contributed by atoms with Crippen LogP contribution >= 0.6 is 0 Å². The third-order valence-electron chi connectivity index (χ3n) is 5.16. The predicted molar refractivity (Wildman–Crippen MR) is 96.9 cm³/mol. The molecule has 0 saturated heterocycles. The molecule has 24 heavy (non-hydrogen) atoms. The maximum atomic E-state index is 11.6. The third-order valence-corrected chi connectivity index (χ3v) is 5.16. The van der Waals surface area contributed by atoms with Crippen molar-refractivity contribution in [3.8, 4) is 0 Å². The molecule has 0 heterocycles. The molecule has 1 aromatic rings. The van der Waals surface area contributed by atoms with Gasteiger partial charge in [-0.3, -0.25) is 4.79 Å². The highest BCUT2D eigenvalue weighted by Crippen LogP contribution is 2.40. The molecule has 2 rings (SSSR count). The van der Waals surface area contributed by atoms with E-state index in [0.29, 0.717) is 31.8 Å². The van der Waals surface area contributed by atoms with Crippen molar-refractivity contribution < 1.29 is 14.3 Å². The van der Waals surface area contributed by atoms with Gasteiger partial charge < -0.3 is 9.47 Å². The van der Waals surface area contributed by atoms with E-state index < -0.39 is 0 Å². The molecule has 0 N–H and O–H groups in total. The summed E-state index contributed by atoms with van der Waals surface area (Å²) in [5.41, 5.74) is 1.57. The first-order chi connectivity index (χ1) is 11.6. The molecule has 0 aromatic heterocycles. The highest BCUT2D eigenvalue weighted by atomic mass is 16.7. The Bertz CT molecular complexity index is 473. The molecular weight excluding hydrogens is 300 g/mol. The van der Waals surface area contributed by atoms with E-state index in [1.165, 1.54) is 18.4 Å². The number of rotatable bonds is 10. The maximum Gasteiger partial charge on any atom is 0.154 e. The molecule has 1 aliphatic carbocycles. The molecule has 1 aliphatic rings. The Kier molecular flexibility index (Phi) is 7.93. The highest BCUT2D eigenvalue weighted by molar-refractivity contribution is 5.79. The number of hydrogen-bond acceptors (Lipinski definition) is 3. The second-order valence-electron chi connectivity index (χ2n) is 7.07. The van der Waals surface area contributed by atoms with Crippen molar-refractivity contribution in [3.05, 3.63) is 35.9 Å².